The first-order chi connectivity index (χ1) is 7.56. The van der Waals surface area contributed by atoms with Crippen molar-refractivity contribution in [3.63, 3.8) is 0 Å². The Labute approximate surface area is 95.7 Å². The number of hydrogen-bond donors (Lipinski definition) is 0. The topological polar surface area (TPSA) is 62.0 Å². The highest BCUT2D eigenvalue weighted by atomic mass is 16.5. The van der Waals surface area contributed by atoms with Crippen molar-refractivity contribution in [3.8, 4) is 12.1 Å². The second-order valence-corrected chi connectivity index (χ2v) is 3.76. The van der Waals surface area contributed by atoms with Gasteiger partial charge in [0, 0.05) is 25.4 Å². The van der Waals surface area contributed by atoms with Gasteiger partial charge >= 0.3 is 6.01 Å². The monoisotopic (exact) mass is 220 g/mol. The summed E-state index contributed by atoms with van der Waals surface area (Å²) in [6, 6.07) is 4.41. The molecule has 1 heterocycles. The second-order valence-electron chi connectivity index (χ2n) is 3.76. The minimum Gasteiger partial charge on any atom is -0.467 e. The van der Waals surface area contributed by atoms with E-state index in [1.807, 2.05) is 31.9 Å². The highest BCUT2D eigenvalue weighted by Crippen LogP contribution is 2.15. The molecule has 1 rings (SSSR count). The van der Waals surface area contributed by atoms with E-state index >= 15 is 0 Å². The first-order valence-corrected chi connectivity index (χ1v) is 5.07. The zero-order valence-corrected chi connectivity index (χ0v) is 10.1. The lowest BCUT2D eigenvalue weighted by Crippen LogP contribution is -2.24. The van der Waals surface area contributed by atoms with Crippen molar-refractivity contribution in [1.82, 2.24) is 9.97 Å². The molecule has 0 saturated heterocycles. The molecule has 1 atom stereocenters. The van der Waals surface area contributed by atoms with Gasteiger partial charge in [0.15, 0.2) is 0 Å². The predicted octanol–water partition coefficient (Wildman–Crippen LogP) is 1.39. The van der Waals surface area contributed by atoms with Crippen LogP contribution in [0.1, 0.15) is 12.6 Å². The molecule has 0 N–H and O–H groups in total. The average molecular weight is 220 g/mol. The molecule has 1 aromatic heterocycles. The van der Waals surface area contributed by atoms with E-state index in [0.717, 1.165) is 11.5 Å². The Kier molecular flexibility index (Phi) is 4.06. The van der Waals surface area contributed by atoms with Gasteiger partial charge in [-0.25, -0.2) is 4.98 Å². The number of aryl methyl sites for hydroxylation is 1. The Hall–Kier alpha value is -1.83. The summed E-state index contributed by atoms with van der Waals surface area (Å²) in [5.41, 5.74) is 0.846. The summed E-state index contributed by atoms with van der Waals surface area (Å²) in [4.78, 5) is 10.3. The van der Waals surface area contributed by atoms with Crippen LogP contribution < -0.4 is 9.64 Å². The van der Waals surface area contributed by atoms with Gasteiger partial charge in [-0.3, -0.25) is 0 Å². The Bertz CT molecular complexity index is 399. The van der Waals surface area contributed by atoms with Crippen LogP contribution >= 0.6 is 0 Å². The number of aromatic nitrogens is 2. The fraction of sp³-hybridized carbons (Fsp3) is 0.545. The fourth-order valence-electron chi connectivity index (χ4n) is 1.36. The van der Waals surface area contributed by atoms with Crippen molar-refractivity contribution in [3.05, 3.63) is 11.8 Å². The molecule has 0 fully saturated rings. The molecule has 0 aliphatic heterocycles. The Balaban J connectivity index is 2.87. The van der Waals surface area contributed by atoms with E-state index in [9.17, 15) is 0 Å². The first-order valence-electron chi connectivity index (χ1n) is 5.07. The summed E-state index contributed by atoms with van der Waals surface area (Å²) in [6.07, 6.45) is 0. The molecule has 0 saturated carbocycles. The van der Waals surface area contributed by atoms with Crippen molar-refractivity contribution < 1.29 is 4.74 Å². The number of methoxy groups -OCH3 is 1. The van der Waals surface area contributed by atoms with Gasteiger partial charge in [0.1, 0.15) is 5.82 Å². The lowest BCUT2D eigenvalue weighted by molar-refractivity contribution is 0.378. The third-order valence-corrected chi connectivity index (χ3v) is 2.16. The summed E-state index contributed by atoms with van der Waals surface area (Å²) in [7, 11) is 3.44. The minimum atomic E-state index is -0.0359. The van der Waals surface area contributed by atoms with Crippen LogP contribution in [0.25, 0.3) is 0 Å². The summed E-state index contributed by atoms with van der Waals surface area (Å²) in [6.45, 7) is 4.40. The zero-order valence-electron chi connectivity index (χ0n) is 10.1. The molecule has 0 radical (unpaired) electrons. The standard InChI is InChI=1S/C11H16N4O/c1-8(6-12)7-15(3)10-5-9(2)13-11(14-10)16-4/h5,8H,7H2,1-4H3. The van der Waals surface area contributed by atoms with Crippen molar-refractivity contribution in [2.75, 3.05) is 25.6 Å². The van der Waals surface area contributed by atoms with E-state index in [4.69, 9.17) is 10.00 Å². The van der Waals surface area contributed by atoms with Gasteiger partial charge in [-0.05, 0) is 13.8 Å². The number of ether oxygens (including phenoxy) is 1. The largest absolute Gasteiger partial charge is 0.467 e. The lowest BCUT2D eigenvalue weighted by atomic mass is 10.2. The molecular formula is C11H16N4O. The number of nitrogens with zero attached hydrogens (tertiary/aromatic N) is 4. The number of nitriles is 1. The fourth-order valence-corrected chi connectivity index (χ4v) is 1.36. The molecule has 0 aromatic carbocycles. The van der Waals surface area contributed by atoms with Gasteiger partial charge < -0.3 is 9.64 Å². The molecule has 1 aromatic rings. The molecule has 5 heteroatoms. The van der Waals surface area contributed by atoms with E-state index in [0.29, 0.717) is 12.6 Å². The highest BCUT2D eigenvalue weighted by Gasteiger charge is 2.09. The van der Waals surface area contributed by atoms with Crippen LogP contribution in [-0.2, 0) is 0 Å². The molecule has 0 amide bonds. The summed E-state index contributed by atoms with van der Waals surface area (Å²) in [5, 5.41) is 8.75. The normalized spacial score (nSPS) is 11.7. The molecule has 0 spiro atoms. The van der Waals surface area contributed by atoms with Crippen LogP contribution in [0.5, 0.6) is 6.01 Å². The molecule has 0 aliphatic carbocycles. The Morgan fingerprint density at radius 2 is 2.25 bits per heavy atom. The van der Waals surface area contributed by atoms with Crippen molar-refractivity contribution in [2.45, 2.75) is 13.8 Å². The quantitative estimate of drug-likeness (QED) is 0.767. The first kappa shape index (κ1) is 12.2. The van der Waals surface area contributed by atoms with E-state index in [-0.39, 0.29) is 5.92 Å². The molecular weight excluding hydrogens is 204 g/mol. The molecule has 86 valence electrons. The van der Waals surface area contributed by atoms with E-state index < -0.39 is 0 Å². The lowest BCUT2D eigenvalue weighted by Gasteiger charge is -2.19. The summed E-state index contributed by atoms with van der Waals surface area (Å²) < 4.78 is 5.00. The van der Waals surface area contributed by atoms with E-state index in [1.54, 1.807) is 0 Å². The predicted molar refractivity (Wildman–Crippen MR) is 61.4 cm³/mol. The maximum Gasteiger partial charge on any atom is 0.318 e. The molecule has 1 unspecified atom stereocenters. The third-order valence-electron chi connectivity index (χ3n) is 2.16. The number of rotatable bonds is 4. The van der Waals surface area contributed by atoms with Gasteiger partial charge in [-0.2, -0.15) is 10.2 Å². The van der Waals surface area contributed by atoms with Gasteiger partial charge in [-0.15, -0.1) is 0 Å². The van der Waals surface area contributed by atoms with Gasteiger partial charge in [0.05, 0.1) is 19.1 Å². The van der Waals surface area contributed by atoms with Gasteiger partial charge in [0.2, 0.25) is 0 Å². The molecule has 0 bridgehead atoms. The molecule has 5 nitrogen and oxygen atoms in total. The second kappa shape index (κ2) is 5.31. The van der Waals surface area contributed by atoms with Crippen LogP contribution in [0.4, 0.5) is 5.82 Å². The molecule has 0 aliphatic rings. The van der Waals surface area contributed by atoms with Crippen LogP contribution in [0.15, 0.2) is 6.07 Å². The van der Waals surface area contributed by atoms with E-state index in [1.165, 1.54) is 7.11 Å². The van der Waals surface area contributed by atoms with Crippen LogP contribution in [0.3, 0.4) is 0 Å². The van der Waals surface area contributed by atoms with Crippen LogP contribution in [0, 0.1) is 24.2 Å². The summed E-state index contributed by atoms with van der Waals surface area (Å²) >= 11 is 0. The Morgan fingerprint density at radius 1 is 1.56 bits per heavy atom. The van der Waals surface area contributed by atoms with E-state index in [2.05, 4.69) is 16.0 Å². The van der Waals surface area contributed by atoms with Crippen molar-refractivity contribution >= 4 is 5.82 Å². The van der Waals surface area contributed by atoms with Crippen molar-refractivity contribution in [2.24, 2.45) is 5.92 Å². The van der Waals surface area contributed by atoms with Crippen molar-refractivity contribution in [1.29, 1.82) is 5.26 Å². The van der Waals surface area contributed by atoms with Crippen LogP contribution in [0.2, 0.25) is 0 Å². The average Bonchev–Trinajstić information content (AvgIpc) is 2.27. The van der Waals surface area contributed by atoms with Gasteiger partial charge in [-0.1, -0.05) is 0 Å². The number of hydrogen-bond acceptors (Lipinski definition) is 5. The maximum atomic E-state index is 8.75. The van der Waals surface area contributed by atoms with Gasteiger partial charge in [0.25, 0.3) is 0 Å². The SMILES string of the molecule is COc1nc(C)cc(N(C)CC(C)C#N)n1. The molecule has 16 heavy (non-hydrogen) atoms. The number of anilines is 1. The zero-order chi connectivity index (χ0) is 12.1. The van der Waals surface area contributed by atoms with Crippen LogP contribution in [-0.4, -0.2) is 30.7 Å². The smallest absolute Gasteiger partial charge is 0.318 e. The Morgan fingerprint density at radius 3 is 2.81 bits per heavy atom. The maximum absolute atomic E-state index is 8.75. The highest BCUT2D eigenvalue weighted by molar-refractivity contribution is 5.39. The summed E-state index contributed by atoms with van der Waals surface area (Å²) in [5.74, 6) is 0.734. The third kappa shape index (κ3) is 3.09. The minimum absolute atomic E-state index is 0.0359.